The Balaban J connectivity index is 1.44. The molecule has 3 heterocycles. The van der Waals surface area contributed by atoms with Gasteiger partial charge in [0.1, 0.15) is 0 Å². The molecule has 4 aromatic rings. The first-order valence-electron chi connectivity index (χ1n) is 13.1. The molecule has 2 aromatic heterocycles. The van der Waals surface area contributed by atoms with Crippen molar-refractivity contribution in [3.63, 3.8) is 0 Å². The van der Waals surface area contributed by atoms with Gasteiger partial charge in [-0.25, -0.2) is 13.4 Å². The summed E-state index contributed by atoms with van der Waals surface area (Å²) in [5, 5.41) is 3.18. The van der Waals surface area contributed by atoms with E-state index in [2.05, 4.69) is 26.0 Å². The Morgan fingerprint density at radius 1 is 1.03 bits per heavy atom. The minimum Gasteiger partial charge on any atom is -0.423 e. The standard InChI is InChI=1S/C29H33N5O4S/c1-20(2)19-39(36,37)32-23-10-9-21(3)26(16-23)31-29-30-18-27(38-29)22-14-24(33-11-6-7-12-33)17-25(15-22)34-13-5-4-8-28(34)35/h4-5,8-10,13-18,20,32H,6-7,11-12,19H2,1-3H3,(H,30,31). The largest absolute Gasteiger partial charge is 0.423 e. The van der Waals surface area contributed by atoms with Crippen LogP contribution in [0.5, 0.6) is 0 Å². The minimum atomic E-state index is -3.45. The van der Waals surface area contributed by atoms with Gasteiger partial charge in [0.25, 0.3) is 11.6 Å². The van der Waals surface area contributed by atoms with Gasteiger partial charge >= 0.3 is 0 Å². The lowest BCUT2D eigenvalue weighted by Crippen LogP contribution is -2.20. The fourth-order valence-corrected chi connectivity index (χ4v) is 6.18. The van der Waals surface area contributed by atoms with Crippen LogP contribution < -0.4 is 20.5 Å². The van der Waals surface area contributed by atoms with E-state index in [-0.39, 0.29) is 23.2 Å². The van der Waals surface area contributed by atoms with Gasteiger partial charge in [0.15, 0.2) is 5.76 Å². The molecule has 0 atom stereocenters. The third-order valence-electron chi connectivity index (χ3n) is 6.57. The quantitative estimate of drug-likeness (QED) is 0.283. The molecule has 204 valence electrons. The highest BCUT2D eigenvalue weighted by atomic mass is 32.2. The second-order valence-electron chi connectivity index (χ2n) is 10.3. The van der Waals surface area contributed by atoms with E-state index in [1.165, 1.54) is 6.07 Å². The average molecular weight is 548 g/mol. The molecule has 1 aliphatic heterocycles. The Hall–Kier alpha value is -4.05. The highest BCUT2D eigenvalue weighted by Crippen LogP contribution is 2.32. The molecule has 0 aliphatic carbocycles. The number of hydrogen-bond donors (Lipinski definition) is 2. The van der Waals surface area contributed by atoms with Crippen LogP contribution in [-0.4, -0.2) is 36.8 Å². The van der Waals surface area contributed by atoms with E-state index in [1.807, 2.05) is 45.0 Å². The van der Waals surface area contributed by atoms with E-state index >= 15 is 0 Å². The third kappa shape index (κ3) is 6.34. The van der Waals surface area contributed by atoms with Crippen molar-refractivity contribution >= 4 is 33.1 Å². The first-order chi connectivity index (χ1) is 18.7. The van der Waals surface area contributed by atoms with Gasteiger partial charge in [-0.2, -0.15) is 0 Å². The van der Waals surface area contributed by atoms with Crippen molar-refractivity contribution in [1.82, 2.24) is 9.55 Å². The second kappa shape index (κ2) is 11.0. The topological polar surface area (TPSA) is 109 Å². The molecule has 10 heteroatoms. The molecule has 1 saturated heterocycles. The van der Waals surface area contributed by atoms with Crippen molar-refractivity contribution in [3.8, 4) is 17.0 Å². The van der Waals surface area contributed by atoms with E-state index in [0.29, 0.717) is 17.1 Å². The molecule has 0 saturated carbocycles. The van der Waals surface area contributed by atoms with Crippen LogP contribution in [0.15, 0.2) is 76.2 Å². The van der Waals surface area contributed by atoms with Crippen LogP contribution in [-0.2, 0) is 10.0 Å². The SMILES string of the molecule is Cc1ccc(NS(=O)(=O)CC(C)C)cc1Nc1ncc(-c2cc(N3CCCC3)cc(-n3ccccc3=O)c2)o1. The van der Waals surface area contributed by atoms with Crippen LogP contribution in [0, 0.1) is 12.8 Å². The summed E-state index contributed by atoms with van der Waals surface area (Å²) in [6, 6.07) is 16.7. The predicted molar refractivity (Wildman–Crippen MR) is 156 cm³/mol. The number of hydrogen-bond acceptors (Lipinski definition) is 7. The van der Waals surface area contributed by atoms with Crippen molar-refractivity contribution in [2.75, 3.05) is 33.8 Å². The molecular formula is C29H33N5O4S. The zero-order valence-electron chi connectivity index (χ0n) is 22.3. The molecule has 0 unspecified atom stereocenters. The second-order valence-corrected chi connectivity index (χ2v) is 12.1. The lowest BCUT2D eigenvalue weighted by Gasteiger charge is -2.20. The van der Waals surface area contributed by atoms with Crippen LogP contribution >= 0.6 is 0 Å². The molecule has 9 nitrogen and oxygen atoms in total. The number of oxazole rings is 1. The summed E-state index contributed by atoms with van der Waals surface area (Å²) < 4.78 is 35.2. The van der Waals surface area contributed by atoms with Crippen molar-refractivity contribution < 1.29 is 12.8 Å². The van der Waals surface area contributed by atoms with Gasteiger partial charge in [-0.3, -0.25) is 14.1 Å². The van der Waals surface area contributed by atoms with Gasteiger partial charge < -0.3 is 14.6 Å². The van der Waals surface area contributed by atoms with Crippen molar-refractivity contribution in [3.05, 3.63) is 82.9 Å². The van der Waals surface area contributed by atoms with Gasteiger partial charge in [0.05, 0.1) is 23.3 Å². The molecule has 39 heavy (non-hydrogen) atoms. The number of aryl methyl sites for hydroxylation is 1. The molecule has 1 fully saturated rings. The number of nitrogens with zero attached hydrogens (tertiary/aromatic N) is 3. The number of benzene rings is 2. The number of nitrogens with one attached hydrogen (secondary N) is 2. The number of anilines is 4. The summed E-state index contributed by atoms with van der Waals surface area (Å²) in [5.74, 6) is 0.608. The molecule has 0 amide bonds. The Labute approximate surface area is 228 Å². The van der Waals surface area contributed by atoms with E-state index in [0.717, 1.165) is 48.4 Å². The van der Waals surface area contributed by atoms with Crippen molar-refractivity contribution in [1.29, 1.82) is 0 Å². The van der Waals surface area contributed by atoms with E-state index in [4.69, 9.17) is 4.42 Å². The smallest absolute Gasteiger partial charge is 0.299 e. The summed E-state index contributed by atoms with van der Waals surface area (Å²) in [7, 11) is -3.45. The van der Waals surface area contributed by atoms with Crippen LogP contribution in [0.1, 0.15) is 32.3 Å². The van der Waals surface area contributed by atoms with Crippen LogP contribution in [0.4, 0.5) is 23.1 Å². The summed E-state index contributed by atoms with van der Waals surface area (Å²) in [6.45, 7) is 7.58. The van der Waals surface area contributed by atoms with Gasteiger partial charge in [0.2, 0.25) is 10.0 Å². The van der Waals surface area contributed by atoms with Gasteiger partial charge in [-0.15, -0.1) is 0 Å². The zero-order valence-corrected chi connectivity index (χ0v) is 23.2. The maximum Gasteiger partial charge on any atom is 0.299 e. The first kappa shape index (κ1) is 26.6. The van der Waals surface area contributed by atoms with Crippen LogP contribution in [0.25, 0.3) is 17.0 Å². The first-order valence-corrected chi connectivity index (χ1v) is 14.7. The molecule has 5 rings (SSSR count). The van der Waals surface area contributed by atoms with Crippen molar-refractivity contribution in [2.24, 2.45) is 5.92 Å². The zero-order chi connectivity index (χ0) is 27.6. The molecule has 1 aliphatic rings. The summed E-state index contributed by atoms with van der Waals surface area (Å²) >= 11 is 0. The highest BCUT2D eigenvalue weighted by molar-refractivity contribution is 7.92. The van der Waals surface area contributed by atoms with E-state index in [1.54, 1.807) is 35.2 Å². The normalized spacial score (nSPS) is 13.7. The van der Waals surface area contributed by atoms with E-state index < -0.39 is 10.0 Å². The molecular weight excluding hydrogens is 514 g/mol. The Morgan fingerprint density at radius 2 is 1.79 bits per heavy atom. The molecule has 0 spiro atoms. The van der Waals surface area contributed by atoms with Crippen LogP contribution in [0.3, 0.4) is 0 Å². The predicted octanol–water partition coefficient (Wildman–Crippen LogP) is 5.54. The average Bonchev–Trinajstić information content (AvgIpc) is 3.58. The van der Waals surface area contributed by atoms with Gasteiger partial charge in [-0.1, -0.05) is 26.0 Å². The minimum absolute atomic E-state index is 0.0151. The van der Waals surface area contributed by atoms with Crippen LogP contribution in [0.2, 0.25) is 0 Å². The lowest BCUT2D eigenvalue weighted by molar-refractivity contribution is 0.587. The molecule has 0 bridgehead atoms. The highest BCUT2D eigenvalue weighted by Gasteiger charge is 2.18. The van der Waals surface area contributed by atoms with E-state index in [9.17, 15) is 13.2 Å². The molecule has 0 radical (unpaired) electrons. The number of aromatic nitrogens is 2. The summed E-state index contributed by atoms with van der Waals surface area (Å²) in [6.07, 6.45) is 5.67. The maximum absolute atomic E-state index is 12.6. The summed E-state index contributed by atoms with van der Waals surface area (Å²) in [5.41, 5.74) is 4.52. The fraction of sp³-hybridized carbons (Fsp3) is 0.310. The number of rotatable bonds is 9. The Bertz CT molecular complexity index is 1640. The van der Waals surface area contributed by atoms with Gasteiger partial charge in [-0.05, 0) is 67.6 Å². The Kier molecular flexibility index (Phi) is 7.47. The number of sulfonamides is 1. The fourth-order valence-electron chi connectivity index (χ4n) is 4.74. The molecule has 2 aromatic carbocycles. The third-order valence-corrected chi connectivity index (χ3v) is 8.22. The summed E-state index contributed by atoms with van der Waals surface area (Å²) in [4.78, 5) is 19.3. The Morgan fingerprint density at radius 3 is 2.54 bits per heavy atom. The monoisotopic (exact) mass is 547 g/mol. The number of pyridine rings is 1. The maximum atomic E-state index is 12.6. The lowest BCUT2D eigenvalue weighted by atomic mass is 10.1. The van der Waals surface area contributed by atoms with Gasteiger partial charge in [0, 0.05) is 42.3 Å². The van der Waals surface area contributed by atoms with Crippen molar-refractivity contribution in [2.45, 2.75) is 33.6 Å². The molecule has 2 N–H and O–H groups in total.